The molecule has 2 aromatic rings. The van der Waals surface area contributed by atoms with Crippen molar-refractivity contribution in [3.63, 3.8) is 0 Å². The van der Waals surface area contributed by atoms with Crippen LogP contribution in [0.1, 0.15) is 5.56 Å². The monoisotopic (exact) mass is 256 g/mol. The highest BCUT2D eigenvalue weighted by atomic mass is 15.2. The first kappa shape index (κ1) is 12.4. The smallest absolute Gasteiger partial charge is 0.0703 e. The van der Waals surface area contributed by atoms with E-state index in [1.807, 2.05) is 6.20 Å². The lowest BCUT2D eigenvalue weighted by atomic mass is 10.1. The van der Waals surface area contributed by atoms with Crippen molar-refractivity contribution in [2.45, 2.75) is 6.54 Å². The maximum absolute atomic E-state index is 5.68. The van der Waals surface area contributed by atoms with Crippen LogP contribution >= 0.6 is 0 Å². The number of nitrogens with two attached hydrogens (primary N) is 1. The topological polar surface area (TPSA) is 45.4 Å². The van der Waals surface area contributed by atoms with Crippen molar-refractivity contribution in [1.82, 2.24) is 9.88 Å². The highest BCUT2D eigenvalue weighted by Crippen LogP contribution is 2.22. The van der Waals surface area contributed by atoms with Crippen molar-refractivity contribution in [3.05, 3.63) is 36.0 Å². The van der Waals surface area contributed by atoms with Gasteiger partial charge in [-0.3, -0.25) is 4.98 Å². The van der Waals surface area contributed by atoms with Crippen LogP contribution in [0.25, 0.3) is 10.9 Å². The van der Waals surface area contributed by atoms with E-state index in [0.29, 0.717) is 6.54 Å². The minimum absolute atomic E-state index is 0.543. The number of benzene rings is 1. The Labute approximate surface area is 113 Å². The molecule has 2 N–H and O–H groups in total. The molecule has 1 saturated heterocycles. The van der Waals surface area contributed by atoms with E-state index >= 15 is 0 Å². The van der Waals surface area contributed by atoms with Crippen molar-refractivity contribution in [3.8, 4) is 0 Å². The number of anilines is 1. The van der Waals surface area contributed by atoms with E-state index < -0.39 is 0 Å². The first-order valence-electron chi connectivity index (χ1n) is 6.78. The van der Waals surface area contributed by atoms with Crippen LogP contribution in [-0.4, -0.2) is 43.1 Å². The number of hydrogen-bond donors (Lipinski definition) is 1. The molecule has 0 aliphatic carbocycles. The zero-order valence-electron chi connectivity index (χ0n) is 11.3. The van der Waals surface area contributed by atoms with Gasteiger partial charge in [-0.25, -0.2) is 0 Å². The largest absolute Gasteiger partial charge is 0.369 e. The van der Waals surface area contributed by atoms with Crippen LogP contribution in [-0.2, 0) is 6.54 Å². The zero-order chi connectivity index (χ0) is 13.2. The predicted octanol–water partition coefficient (Wildman–Crippen LogP) is 1.45. The fourth-order valence-electron chi connectivity index (χ4n) is 2.54. The van der Waals surface area contributed by atoms with Crippen molar-refractivity contribution >= 4 is 16.6 Å². The summed E-state index contributed by atoms with van der Waals surface area (Å²) < 4.78 is 0. The lowest BCUT2D eigenvalue weighted by Crippen LogP contribution is -2.44. The van der Waals surface area contributed by atoms with Gasteiger partial charge < -0.3 is 15.5 Å². The van der Waals surface area contributed by atoms with Gasteiger partial charge in [0.25, 0.3) is 0 Å². The molecular weight excluding hydrogens is 236 g/mol. The van der Waals surface area contributed by atoms with Crippen molar-refractivity contribution in [2.24, 2.45) is 5.73 Å². The van der Waals surface area contributed by atoms with E-state index in [0.717, 1.165) is 37.3 Å². The van der Waals surface area contributed by atoms with Gasteiger partial charge in [-0.05, 0) is 36.9 Å². The summed E-state index contributed by atoms with van der Waals surface area (Å²) >= 11 is 0. The van der Waals surface area contributed by atoms with E-state index in [-0.39, 0.29) is 0 Å². The van der Waals surface area contributed by atoms with E-state index in [1.165, 1.54) is 11.1 Å². The Morgan fingerprint density at radius 1 is 1.16 bits per heavy atom. The molecule has 0 unspecified atom stereocenters. The van der Waals surface area contributed by atoms with Gasteiger partial charge >= 0.3 is 0 Å². The van der Waals surface area contributed by atoms with Gasteiger partial charge in [0.05, 0.1) is 5.52 Å². The molecule has 100 valence electrons. The third kappa shape index (κ3) is 2.55. The van der Waals surface area contributed by atoms with Crippen LogP contribution in [0.3, 0.4) is 0 Å². The van der Waals surface area contributed by atoms with E-state index in [2.05, 4.69) is 46.1 Å². The summed E-state index contributed by atoms with van der Waals surface area (Å²) in [5.74, 6) is 0. The maximum atomic E-state index is 5.68. The summed E-state index contributed by atoms with van der Waals surface area (Å²) in [5, 5.41) is 1.18. The number of fused-ring (bicyclic) bond motifs is 1. The molecule has 0 atom stereocenters. The molecule has 3 rings (SSSR count). The van der Waals surface area contributed by atoms with Crippen LogP contribution in [0.4, 0.5) is 5.69 Å². The van der Waals surface area contributed by atoms with Crippen molar-refractivity contribution in [1.29, 1.82) is 0 Å². The lowest BCUT2D eigenvalue weighted by Gasteiger charge is -2.34. The molecule has 0 radical (unpaired) electrons. The SMILES string of the molecule is CN1CCN(c2ccc3ncc(CN)cc3c2)CC1. The molecule has 19 heavy (non-hydrogen) atoms. The maximum Gasteiger partial charge on any atom is 0.0703 e. The molecule has 1 aromatic carbocycles. The Morgan fingerprint density at radius 2 is 1.95 bits per heavy atom. The molecule has 4 nitrogen and oxygen atoms in total. The second-order valence-corrected chi connectivity index (χ2v) is 5.22. The Kier molecular flexibility index (Phi) is 3.36. The molecular formula is C15H20N4. The molecule has 1 aromatic heterocycles. The minimum atomic E-state index is 0.543. The molecule has 1 aliphatic heterocycles. The third-order valence-electron chi connectivity index (χ3n) is 3.83. The molecule has 0 spiro atoms. The van der Waals surface area contributed by atoms with Crippen molar-refractivity contribution in [2.75, 3.05) is 38.1 Å². The number of aromatic nitrogens is 1. The molecule has 0 bridgehead atoms. The number of nitrogens with zero attached hydrogens (tertiary/aromatic N) is 3. The fraction of sp³-hybridized carbons (Fsp3) is 0.400. The molecule has 1 aliphatic rings. The molecule has 1 fully saturated rings. The summed E-state index contributed by atoms with van der Waals surface area (Å²) in [7, 11) is 2.18. The zero-order valence-corrected chi connectivity index (χ0v) is 11.3. The van der Waals surface area contributed by atoms with Crippen LogP contribution in [0, 0.1) is 0 Å². The normalized spacial score (nSPS) is 17.1. The quantitative estimate of drug-likeness (QED) is 0.883. The van der Waals surface area contributed by atoms with Gasteiger partial charge in [0.1, 0.15) is 0 Å². The predicted molar refractivity (Wildman–Crippen MR) is 79.3 cm³/mol. The first-order valence-corrected chi connectivity index (χ1v) is 6.78. The Hall–Kier alpha value is -1.65. The average Bonchev–Trinajstić information content (AvgIpc) is 2.47. The number of likely N-dealkylation sites (N-methyl/N-ethyl adjacent to an activating group) is 1. The van der Waals surface area contributed by atoms with E-state index in [9.17, 15) is 0 Å². The van der Waals surface area contributed by atoms with Crippen LogP contribution < -0.4 is 10.6 Å². The Morgan fingerprint density at radius 3 is 2.68 bits per heavy atom. The molecule has 4 heteroatoms. The number of piperazine rings is 1. The van der Waals surface area contributed by atoms with Crippen molar-refractivity contribution < 1.29 is 0 Å². The Balaban J connectivity index is 1.91. The minimum Gasteiger partial charge on any atom is -0.369 e. The molecule has 0 saturated carbocycles. The lowest BCUT2D eigenvalue weighted by molar-refractivity contribution is 0.313. The summed E-state index contributed by atoms with van der Waals surface area (Å²) in [6.45, 7) is 4.97. The first-order chi connectivity index (χ1) is 9.26. The van der Waals surface area contributed by atoms with Crippen LogP contribution in [0.2, 0.25) is 0 Å². The van der Waals surface area contributed by atoms with E-state index in [4.69, 9.17) is 5.73 Å². The van der Waals surface area contributed by atoms with Crippen LogP contribution in [0.5, 0.6) is 0 Å². The summed E-state index contributed by atoms with van der Waals surface area (Å²) in [6.07, 6.45) is 1.86. The van der Waals surface area contributed by atoms with Gasteiger partial charge in [-0.2, -0.15) is 0 Å². The van der Waals surface area contributed by atoms with Gasteiger partial charge in [-0.1, -0.05) is 0 Å². The Bertz CT molecular complexity index is 573. The number of hydrogen-bond acceptors (Lipinski definition) is 4. The van der Waals surface area contributed by atoms with E-state index in [1.54, 1.807) is 0 Å². The molecule has 0 amide bonds. The molecule has 2 heterocycles. The summed E-state index contributed by atoms with van der Waals surface area (Å²) in [4.78, 5) is 9.25. The fourth-order valence-corrected chi connectivity index (χ4v) is 2.54. The second-order valence-electron chi connectivity index (χ2n) is 5.22. The highest BCUT2D eigenvalue weighted by molar-refractivity contribution is 5.83. The average molecular weight is 256 g/mol. The van der Waals surface area contributed by atoms with Gasteiger partial charge in [0.2, 0.25) is 0 Å². The van der Waals surface area contributed by atoms with Gasteiger partial charge in [0, 0.05) is 50.0 Å². The number of pyridine rings is 1. The second kappa shape index (κ2) is 5.15. The summed E-state index contributed by atoms with van der Waals surface area (Å²) in [6, 6.07) is 8.64. The van der Waals surface area contributed by atoms with Gasteiger partial charge in [-0.15, -0.1) is 0 Å². The van der Waals surface area contributed by atoms with Gasteiger partial charge in [0.15, 0.2) is 0 Å². The highest BCUT2D eigenvalue weighted by Gasteiger charge is 2.14. The van der Waals surface area contributed by atoms with Crippen LogP contribution in [0.15, 0.2) is 30.5 Å². The standard InChI is InChI=1S/C15H20N4/c1-18-4-6-19(7-5-18)14-2-3-15-13(9-14)8-12(10-16)11-17-15/h2-3,8-9,11H,4-7,10,16H2,1H3. The number of rotatable bonds is 2. The summed E-state index contributed by atoms with van der Waals surface area (Å²) in [5.41, 5.74) is 9.09. The third-order valence-corrected chi connectivity index (χ3v) is 3.83.